The zero-order valence-corrected chi connectivity index (χ0v) is 12.8. The van der Waals surface area contributed by atoms with Crippen molar-refractivity contribution in [1.82, 2.24) is 5.32 Å². The van der Waals surface area contributed by atoms with E-state index >= 15 is 0 Å². The van der Waals surface area contributed by atoms with Gasteiger partial charge in [-0.25, -0.2) is 0 Å². The third-order valence-corrected chi connectivity index (χ3v) is 5.02. The number of aliphatic hydroxyl groups excluding tert-OH is 1. The maximum Gasteiger partial charge on any atom is 0.231 e. The van der Waals surface area contributed by atoms with E-state index in [9.17, 15) is 5.11 Å². The normalized spacial score (nSPS) is 23.2. The first-order chi connectivity index (χ1) is 11.3. The molecule has 0 saturated carbocycles. The van der Waals surface area contributed by atoms with E-state index in [-0.39, 0.29) is 12.8 Å². The topological polar surface area (TPSA) is 60.0 Å². The Hall–Kier alpha value is -2.24. The summed E-state index contributed by atoms with van der Waals surface area (Å²) >= 11 is 0. The molecule has 3 aliphatic rings. The van der Waals surface area contributed by atoms with E-state index in [0.29, 0.717) is 0 Å². The standard InChI is InChI=1S/C18H17NO4/c1-21-10-2-3-11-12(7-10)17(20)16-14-9(4-5-19-16)6-13-18(15(11)14)23-8-22-13/h2-3,6-7,16-17,19-20H,4-5,8H2,1H3. The summed E-state index contributed by atoms with van der Waals surface area (Å²) in [6.45, 7) is 1.09. The molecule has 2 aromatic rings. The van der Waals surface area contributed by atoms with E-state index in [0.717, 1.165) is 52.5 Å². The van der Waals surface area contributed by atoms with Crippen LogP contribution >= 0.6 is 0 Å². The van der Waals surface area contributed by atoms with Crippen molar-refractivity contribution in [1.29, 1.82) is 0 Å². The molecule has 5 heteroatoms. The first-order valence-electron chi connectivity index (χ1n) is 7.83. The van der Waals surface area contributed by atoms with Gasteiger partial charge in [-0.15, -0.1) is 0 Å². The summed E-state index contributed by atoms with van der Waals surface area (Å²) in [6.07, 6.45) is 0.320. The van der Waals surface area contributed by atoms with Gasteiger partial charge in [-0.2, -0.15) is 0 Å². The second kappa shape index (κ2) is 4.63. The third-order valence-electron chi connectivity index (χ3n) is 5.02. The second-order valence-electron chi connectivity index (χ2n) is 6.14. The smallest absolute Gasteiger partial charge is 0.231 e. The van der Waals surface area contributed by atoms with Crippen LogP contribution in [0.15, 0.2) is 24.3 Å². The fourth-order valence-corrected chi connectivity index (χ4v) is 3.99. The van der Waals surface area contributed by atoms with E-state index < -0.39 is 6.10 Å². The number of rotatable bonds is 1. The van der Waals surface area contributed by atoms with Gasteiger partial charge in [0.1, 0.15) is 5.75 Å². The first-order valence-corrected chi connectivity index (χ1v) is 7.83. The molecule has 5 nitrogen and oxygen atoms in total. The third kappa shape index (κ3) is 1.69. The summed E-state index contributed by atoms with van der Waals surface area (Å²) in [5.74, 6) is 2.33. The lowest BCUT2D eigenvalue weighted by molar-refractivity contribution is 0.123. The van der Waals surface area contributed by atoms with Crippen LogP contribution in [-0.2, 0) is 6.42 Å². The minimum atomic E-state index is -0.605. The minimum absolute atomic E-state index is 0.122. The molecule has 2 N–H and O–H groups in total. The van der Waals surface area contributed by atoms with E-state index in [4.69, 9.17) is 14.2 Å². The second-order valence-corrected chi connectivity index (χ2v) is 6.14. The van der Waals surface area contributed by atoms with Gasteiger partial charge >= 0.3 is 0 Å². The molecule has 2 aliphatic heterocycles. The van der Waals surface area contributed by atoms with Gasteiger partial charge in [-0.3, -0.25) is 0 Å². The van der Waals surface area contributed by atoms with Crippen LogP contribution in [0.3, 0.4) is 0 Å². The monoisotopic (exact) mass is 311 g/mol. The van der Waals surface area contributed by atoms with Gasteiger partial charge in [0.2, 0.25) is 6.79 Å². The molecule has 23 heavy (non-hydrogen) atoms. The molecule has 118 valence electrons. The molecule has 2 unspecified atom stereocenters. The average Bonchev–Trinajstić information content (AvgIpc) is 3.05. The molecule has 2 heterocycles. The quantitative estimate of drug-likeness (QED) is 0.846. The van der Waals surface area contributed by atoms with Crippen LogP contribution in [0.25, 0.3) is 11.1 Å². The van der Waals surface area contributed by atoms with E-state index in [1.165, 1.54) is 5.56 Å². The summed E-state index contributed by atoms with van der Waals surface area (Å²) < 4.78 is 16.7. The highest BCUT2D eigenvalue weighted by Crippen LogP contribution is 2.55. The number of hydrogen-bond donors (Lipinski definition) is 2. The molecule has 5 rings (SSSR count). The van der Waals surface area contributed by atoms with Crippen molar-refractivity contribution in [3.05, 3.63) is 41.0 Å². The zero-order valence-electron chi connectivity index (χ0n) is 12.8. The summed E-state index contributed by atoms with van der Waals surface area (Å²) in [5, 5.41) is 14.4. The zero-order chi connectivity index (χ0) is 15.6. The fraction of sp³-hybridized carbons (Fsp3) is 0.333. The lowest BCUT2D eigenvalue weighted by Crippen LogP contribution is -2.36. The summed E-state index contributed by atoms with van der Waals surface area (Å²) in [4.78, 5) is 0. The highest BCUT2D eigenvalue weighted by atomic mass is 16.7. The number of hydrogen-bond acceptors (Lipinski definition) is 5. The molecule has 0 radical (unpaired) electrons. The average molecular weight is 311 g/mol. The van der Waals surface area contributed by atoms with Crippen molar-refractivity contribution in [3.63, 3.8) is 0 Å². The number of ether oxygens (including phenoxy) is 3. The molecular formula is C18H17NO4. The minimum Gasteiger partial charge on any atom is -0.497 e. The SMILES string of the molecule is COc1ccc2c(c1)C(O)C1NCCc3cc4c(c-2c31)OCO4. The summed E-state index contributed by atoms with van der Waals surface area (Å²) in [5.41, 5.74) is 5.29. The summed E-state index contributed by atoms with van der Waals surface area (Å²) in [6, 6.07) is 7.77. The highest BCUT2D eigenvalue weighted by Gasteiger charge is 2.40. The van der Waals surface area contributed by atoms with Crippen LogP contribution in [0.1, 0.15) is 28.8 Å². The van der Waals surface area contributed by atoms with Gasteiger partial charge in [-0.05, 0) is 53.4 Å². The van der Waals surface area contributed by atoms with Crippen molar-refractivity contribution >= 4 is 0 Å². The molecule has 0 fully saturated rings. The molecule has 0 aromatic heterocycles. The Kier molecular flexibility index (Phi) is 2.66. The Bertz CT molecular complexity index is 817. The van der Waals surface area contributed by atoms with Gasteiger partial charge in [0.15, 0.2) is 11.5 Å². The molecule has 0 amide bonds. The molecule has 0 saturated heterocycles. The molecule has 0 bridgehead atoms. The number of benzene rings is 2. The van der Waals surface area contributed by atoms with E-state index in [1.807, 2.05) is 18.2 Å². The Morgan fingerprint density at radius 1 is 1.26 bits per heavy atom. The lowest BCUT2D eigenvalue weighted by Gasteiger charge is -2.38. The molecule has 2 aromatic carbocycles. The Labute approximate surface area is 133 Å². The van der Waals surface area contributed by atoms with Crippen LogP contribution in [0.5, 0.6) is 17.2 Å². The first kappa shape index (κ1) is 13.2. The Morgan fingerprint density at radius 3 is 3.04 bits per heavy atom. The molecule has 1 aliphatic carbocycles. The van der Waals surface area contributed by atoms with Gasteiger partial charge in [0.25, 0.3) is 0 Å². The van der Waals surface area contributed by atoms with Crippen LogP contribution in [0.2, 0.25) is 0 Å². The molecule has 0 spiro atoms. The van der Waals surface area contributed by atoms with Crippen molar-refractivity contribution in [2.75, 3.05) is 20.4 Å². The highest BCUT2D eigenvalue weighted by molar-refractivity contribution is 5.84. The van der Waals surface area contributed by atoms with Gasteiger partial charge in [-0.1, -0.05) is 6.07 Å². The van der Waals surface area contributed by atoms with Gasteiger partial charge < -0.3 is 24.6 Å². The van der Waals surface area contributed by atoms with E-state index in [2.05, 4.69) is 11.4 Å². The lowest BCUT2D eigenvalue weighted by atomic mass is 9.76. The molecular weight excluding hydrogens is 294 g/mol. The van der Waals surface area contributed by atoms with Crippen molar-refractivity contribution in [3.8, 4) is 28.4 Å². The predicted molar refractivity (Wildman–Crippen MR) is 84.0 cm³/mol. The van der Waals surface area contributed by atoms with Gasteiger partial charge in [0, 0.05) is 5.56 Å². The number of methoxy groups -OCH3 is 1. The van der Waals surface area contributed by atoms with Gasteiger partial charge in [0.05, 0.1) is 19.3 Å². The number of nitrogens with one attached hydrogen (secondary N) is 1. The van der Waals surface area contributed by atoms with Crippen molar-refractivity contribution < 1.29 is 19.3 Å². The van der Waals surface area contributed by atoms with Crippen molar-refractivity contribution in [2.45, 2.75) is 18.6 Å². The number of fused-ring (bicyclic) bond motifs is 4. The van der Waals surface area contributed by atoms with Crippen LogP contribution < -0.4 is 19.5 Å². The Morgan fingerprint density at radius 2 is 2.17 bits per heavy atom. The van der Waals surface area contributed by atoms with Crippen LogP contribution in [0.4, 0.5) is 0 Å². The predicted octanol–water partition coefficient (Wildman–Crippen LogP) is 2.32. The van der Waals surface area contributed by atoms with Crippen LogP contribution in [0, 0.1) is 0 Å². The maximum atomic E-state index is 10.9. The fourth-order valence-electron chi connectivity index (χ4n) is 3.99. The maximum absolute atomic E-state index is 10.9. The number of aliphatic hydroxyl groups is 1. The Balaban J connectivity index is 1.86. The largest absolute Gasteiger partial charge is 0.497 e. The molecule has 2 atom stereocenters. The summed E-state index contributed by atoms with van der Waals surface area (Å²) in [7, 11) is 1.64. The van der Waals surface area contributed by atoms with E-state index in [1.54, 1.807) is 7.11 Å². The van der Waals surface area contributed by atoms with Crippen LogP contribution in [-0.4, -0.2) is 25.6 Å². The van der Waals surface area contributed by atoms with Crippen molar-refractivity contribution in [2.24, 2.45) is 0 Å².